The zero-order valence-corrected chi connectivity index (χ0v) is 10.5. The molecule has 0 N–H and O–H groups in total. The molecule has 0 aromatic heterocycles. The second kappa shape index (κ2) is 3.84. The van der Waals surface area contributed by atoms with E-state index in [1.165, 1.54) is 6.32 Å². The van der Waals surface area contributed by atoms with E-state index < -0.39 is 8.07 Å². The van der Waals surface area contributed by atoms with E-state index in [9.17, 15) is 0 Å². The van der Waals surface area contributed by atoms with Crippen LogP contribution in [0.3, 0.4) is 0 Å². The molecule has 1 aliphatic heterocycles. The van der Waals surface area contributed by atoms with Crippen molar-refractivity contribution < 1.29 is 0 Å². The molecular weight excluding hydrogens is 173 g/mol. The van der Waals surface area contributed by atoms with Gasteiger partial charge in [0.05, 0.1) is 8.07 Å². The molecule has 3 heteroatoms. The van der Waals surface area contributed by atoms with Crippen LogP contribution in [0.25, 0.3) is 0 Å². The molecule has 0 radical (unpaired) electrons. The second-order valence-electron chi connectivity index (χ2n) is 5.06. The minimum Gasteiger partial charge on any atom is -0.344 e. The average Bonchev–Trinajstić information content (AvgIpc) is 2.03. The Bertz CT molecular complexity index is 238. The number of rotatable bonds is 2. The van der Waals surface area contributed by atoms with E-state index in [0.29, 0.717) is 6.85 Å². The third kappa shape index (κ3) is 2.85. The van der Waals surface area contributed by atoms with Gasteiger partial charge in [-0.05, 0) is 20.4 Å². The van der Waals surface area contributed by atoms with Crippen LogP contribution in [0.15, 0.2) is 23.3 Å². The van der Waals surface area contributed by atoms with Crippen LogP contribution in [-0.4, -0.2) is 33.8 Å². The van der Waals surface area contributed by atoms with Crippen molar-refractivity contribution >= 4 is 14.9 Å². The van der Waals surface area contributed by atoms with Gasteiger partial charge in [0.15, 0.2) is 0 Å². The fourth-order valence-electron chi connectivity index (χ4n) is 1.57. The molecule has 1 rings (SSSR count). The van der Waals surface area contributed by atoms with Gasteiger partial charge in [-0.1, -0.05) is 43.0 Å². The second-order valence-corrected chi connectivity index (χ2v) is 10.2. The average molecular weight is 193 g/mol. The molecule has 0 spiro atoms. The predicted molar refractivity (Wildman–Crippen MR) is 64.8 cm³/mol. The molecule has 0 bridgehead atoms. The molecule has 1 heterocycles. The van der Waals surface area contributed by atoms with Crippen LogP contribution in [0.1, 0.15) is 0 Å². The van der Waals surface area contributed by atoms with Crippen LogP contribution in [0.2, 0.25) is 26.0 Å². The van der Waals surface area contributed by atoms with Crippen molar-refractivity contribution in [2.24, 2.45) is 0 Å². The normalized spacial score (nSPS) is 18.0. The lowest BCUT2D eigenvalue weighted by atomic mass is 9.56. The Morgan fingerprint density at radius 3 is 2.38 bits per heavy atom. The minimum absolute atomic E-state index is 0.617. The van der Waals surface area contributed by atoms with Gasteiger partial charge < -0.3 is 4.81 Å². The molecule has 0 saturated heterocycles. The maximum Gasteiger partial charge on any atom is 0.253 e. The highest BCUT2D eigenvalue weighted by Gasteiger charge is 2.26. The first-order valence-electron chi connectivity index (χ1n) is 4.95. The maximum atomic E-state index is 2.42. The molecule has 0 saturated carbocycles. The molecule has 0 aromatic carbocycles. The van der Waals surface area contributed by atoms with E-state index in [1.807, 2.05) is 0 Å². The van der Waals surface area contributed by atoms with Crippen molar-refractivity contribution in [3.63, 3.8) is 0 Å². The van der Waals surface area contributed by atoms with Crippen LogP contribution in [0.5, 0.6) is 0 Å². The summed E-state index contributed by atoms with van der Waals surface area (Å²) in [4.78, 5) is 2.30. The summed E-state index contributed by atoms with van der Waals surface area (Å²) < 4.78 is 0. The van der Waals surface area contributed by atoms with E-state index in [4.69, 9.17) is 0 Å². The lowest BCUT2D eigenvalue weighted by Crippen LogP contribution is -2.36. The molecule has 0 amide bonds. The summed E-state index contributed by atoms with van der Waals surface area (Å²) in [5, 5.41) is 1.69. The quantitative estimate of drug-likeness (QED) is 0.609. The van der Waals surface area contributed by atoms with Crippen molar-refractivity contribution in [3.8, 4) is 0 Å². The van der Waals surface area contributed by atoms with E-state index in [0.717, 1.165) is 0 Å². The van der Waals surface area contributed by atoms with Crippen LogP contribution in [0.4, 0.5) is 0 Å². The Labute approximate surface area is 83.6 Å². The van der Waals surface area contributed by atoms with Crippen molar-refractivity contribution in [1.29, 1.82) is 0 Å². The molecular formula is C10H20BNSi. The van der Waals surface area contributed by atoms with Gasteiger partial charge in [0, 0.05) is 0 Å². The first kappa shape index (κ1) is 10.8. The molecule has 1 aliphatic rings. The number of hydrogen-bond acceptors (Lipinski definition) is 1. The zero-order valence-electron chi connectivity index (χ0n) is 9.46. The molecule has 0 fully saturated rings. The summed E-state index contributed by atoms with van der Waals surface area (Å²) in [6.45, 7) is 7.88. The molecule has 0 atom stereocenters. The summed E-state index contributed by atoms with van der Waals surface area (Å²) >= 11 is 0. The van der Waals surface area contributed by atoms with Gasteiger partial charge in [0.1, 0.15) is 0 Å². The highest BCUT2D eigenvalue weighted by atomic mass is 28.3. The highest BCUT2D eigenvalue weighted by Crippen LogP contribution is 2.23. The van der Waals surface area contributed by atoms with Crippen molar-refractivity contribution in [1.82, 2.24) is 4.81 Å². The van der Waals surface area contributed by atoms with Crippen LogP contribution in [0, 0.1) is 0 Å². The van der Waals surface area contributed by atoms with Crippen molar-refractivity contribution in [3.05, 3.63) is 23.3 Å². The first-order chi connectivity index (χ1) is 5.91. The zero-order chi connectivity index (χ0) is 10.1. The number of nitrogens with zero attached hydrogens (tertiary/aromatic N) is 1. The molecule has 0 aromatic rings. The number of hydrogen-bond donors (Lipinski definition) is 0. The topological polar surface area (TPSA) is 3.24 Å². The first-order valence-corrected chi connectivity index (χ1v) is 8.45. The number of allylic oxidation sites excluding steroid dienone is 3. The standard InChI is InChI=1S/C10H20BNSi/c1-12(2)11-8-6-7-10(9-11)13(3,4)5/h6-8H,9H2,1-5H3. The van der Waals surface area contributed by atoms with Crippen molar-refractivity contribution in [2.75, 3.05) is 14.1 Å². The third-order valence-corrected chi connectivity index (χ3v) is 4.98. The van der Waals surface area contributed by atoms with Gasteiger partial charge in [-0.25, -0.2) is 0 Å². The Kier molecular flexibility index (Phi) is 3.19. The smallest absolute Gasteiger partial charge is 0.253 e. The highest BCUT2D eigenvalue weighted by molar-refractivity contribution is 6.85. The summed E-state index contributed by atoms with van der Waals surface area (Å²) in [6.07, 6.45) is 5.78. The fraction of sp³-hybridized carbons (Fsp3) is 0.600. The van der Waals surface area contributed by atoms with E-state index in [2.05, 4.69) is 56.7 Å². The molecule has 0 unspecified atom stereocenters. The van der Waals surface area contributed by atoms with E-state index >= 15 is 0 Å². The van der Waals surface area contributed by atoms with Crippen LogP contribution >= 0.6 is 0 Å². The molecule has 13 heavy (non-hydrogen) atoms. The molecule has 0 aliphatic carbocycles. The van der Waals surface area contributed by atoms with Gasteiger partial charge in [-0.15, -0.1) is 0 Å². The van der Waals surface area contributed by atoms with Crippen molar-refractivity contribution in [2.45, 2.75) is 26.0 Å². The summed E-state index contributed by atoms with van der Waals surface area (Å²) in [6, 6.07) is 0. The van der Waals surface area contributed by atoms with Crippen LogP contribution < -0.4 is 0 Å². The van der Waals surface area contributed by atoms with Gasteiger partial charge >= 0.3 is 0 Å². The summed E-state index contributed by atoms with van der Waals surface area (Å²) in [5.41, 5.74) is 0. The van der Waals surface area contributed by atoms with Gasteiger partial charge in [0.25, 0.3) is 6.85 Å². The summed E-state index contributed by atoms with van der Waals surface area (Å²) in [5.74, 6) is 2.30. The Morgan fingerprint density at radius 1 is 1.31 bits per heavy atom. The predicted octanol–water partition coefficient (Wildman–Crippen LogP) is 2.45. The van der Waals surface area contributed by atoms with E-state index in [-0.39, 0.29) is 0 Å². The molecule has 72 valence electrons. The summed E-state index contributed by atoms with van der Waals surface area (Å²) in [7, 11) is 3.25. The van der Waals surface area contributed by atoms with Gasteiger partial charge in [0.2, 0.25) is 0 Å². The maximum absolute atomic E-state index is 2.42. The van der Waals surface area contributed by atoms with Crippen LogP contribution in [-0.2, 0) is 0 Å². The van der Waals surface area contributed by atoms with E-state index in [1.54, 1.807) is 5.20 Å². The minimum atomic E-state index is -1.06. The SMILES string of the molecule is CN(C)B1C=CC=C([Si](C)(C)C)C1. The lowest BCUT2D eigenvalue weighted by molar-refractivity contribution is 0.647. The third-order valence-electron chi connectivity index (χ3n) is 2.69. The largest absolute Gasteiger partial charge is 0.344 e. The molecule has 1 nitrogen and oxygen atoms in total. The Hall–Kier alpha value is -0.278. The fourth-order valence-corrected chi connectivity index (χ4v) is 2.99. The van der Waals surface area contributed by atoms with Gasteiger partial charge in [-0.2, -0.15) is 0 Å². The van der Waals surface area contributed by atoms with Gasteiger partial charge in [-0.3, -0.25) is 0 Å². The Morgan fingerprint density at radius 2 is 1.92 bits per heavy atom. The Balaban J connectivity index is 2.72. The monoisotopic (exact) mass is 193 g/mol. The lowest BCUT2D eigenvalue weighted by Gasteiger charge is -2.28.